The Kier molecular flexibility index (Phi) is 12.6. The fourth-order valence-corrected chi connectivity index (χ4v) is 4.59. The van der Waals surface area contributed by atoms with E-state index < -0.39 is 104 Å². The van der Waals surface area contributed by atoms with Crippen LogP contribution in [0.4, 0.5) is 0 Å². The third-order valence-electron chi connectivity index (χ3n) is 6.66. The number of ether oxygens (including phenoxy) is 8. The molecule has 17 heteroatoms. The zero-order valence-corrected chi connectivity index (χ0v) is 25.3. The van der Waals surface area contributed by atoms with Gasteiger partial charge in [0.25, 0.3) is 0 Å². The summed E-state index contributed by atoms with van der Waals surface area (Å²) in [6, 6.07) is 5.90. The van der Waals surface area contributed by atoms with Crippen LogP contribution >= 0.6 is 0 Å². The van der Waals surface area contributed by atoms with Crippen molar-refractivity contribution >= 4 is 35.9 Å². The van der Waals surface area contributed by atoms with Crippen molar-refractivity contribution in [2.45, 2.75) is 82.5 Å². The topological polar surface area (TPSA) is 240 Å². The number of aromatic hydroxyl groups is 1. The third-order valence-corrected chi connectivity index (χ3v) is 6.66. The van der Waals surface area contributed by atoms with E-state index in [2.05, 4.69) is 0 Å². The first-order chi connectivity index (χ1) is 21.6. The first-order valence-electron chi connectivity index (χ1n) is 13.9. The van der Waals surface area contributed by atoms with Crippen LogP contribution in [0.3, 0.4) is 0 Å². The molecule has 254 valence electrons. The maximum atomic E-state index is 12.3. The Balaban J connectivity index is 1.84. The lowest BCUT2D eigenvalue weighted by Crippen LogP contribution is -2.64. The quantitative estimate of drug-likeness (QED) is 0.118. The number of aliphatic hydroxyl groups excluding tert-OH is 3. The van der Waals surface area contributed by atoms with Gasteiger partial charge in [0.05, 0.1) is 0 Å². The number of carbonyl (C=O) groups is 5. The first kappa shape index (κ1) is 36.3. The summed E-state index contributed by atoms with van der Waals surface area (Å²) in [5.41, 5.74) is 0.567. The average Bonchev–Trinajstić information content (AvgIpc) is 3.21. The smallest absolute Gasteiger partial charge is 0.330 e. The molecule has 0 aromatic heterocycles. The van der Waals surface area contributed by atoms with E-state index in [1.807, 2.05) is 0 Å². The minimum atomic E-state index is -2.46. The molecule has 2 aliphatic heterocycles. The Morgan fingerprint density at radius 2 is 1.37 bits per heavy atom. The molecule has 1 aromatic carbocycles. The normalized spacial score (nSPS) is 30.8. The number of rotatable bonds is 12. The molecule has 0 radical (unpaired) electrons. The van der Waals surface area contributed by atoms with E-state index in [9.17, 15) is 44.4 Å². The van der Waals surface area contributed by atoms with E-state index in [0.29, 0.717) is 5.56 Å². The van der Waals surface area contributed by atoms with Gasteiger partial charge >= 0.3 is 29.8 Å². The predicted octanol–water partition coefficient (Wildman–Crippen LogP) is -1.14. The van der Waals surface area contributed by atoms with Crippen LogP contribution in [0.25, 0.3) is 6.08 Å². The summed E-state index contributed by atoms with van der Waals surface area (Å²) in [7, 11) is 0. The van der Waals surface area contributed by atoms with Crippen molar-refractivity contribution in [3.8, 4) is 5.75 Å². The summed E-state index contributed by atoms with van der Waals surface area (Å²) in [5.74, 6) is -6.66. The summed E-state index contributed by atoms with van der Waals surface area (Å²) in [6.07, 6.45) is -11.2. The number of benzene rings is 1. The third kappa shape index (κ3) is 9.68. The molecule has 9 atom stereocenters. The Hall–Kier alpha value is -4.13. The molecule has 1 aromatic rings. The fraction of sp³-hybridized carbons (Fsp3) is 0.552. The van der Waals surface area contributed by atoms with E-state index in [0.717, 1.165) is 33.8 Å². The van der Waals surface area contributed by atoms with Gasteiger partial charge in [-0.3, -0.25) is 19.2 Å². The van der Waals surface area contributed by atoms with Crippen LogP contribution in [0.1, 0.15) is 33.3 Å². The second kappa shape index (κ2) is 15.9. The number of phenols is 1. The van der Waals surface area contributed by atoms with Gasteiger partial charge in [0, 0.05) is 33.8 Å². The molecule has 0 spiro atoms. The number of aliphatic hydroxyl groups is 3. The lowest BCUT2D eigenvalue weighted by Gasteiger charge is -2.45. The minimum absolute atomic E-state index is 0.0299. The molecule has 0 amide bonds. The molecule has 17 nitrogen and oxygen atoms in total. The fourth-order valence-electron chi connectivity index (χ4n) is 4.59. The molecule has 3 rings (SSSR count). The Morgan fingerprint density at radius 3 is 1.96 bits per heavy atom. The van der Waals surface area contributed by atoms with Gasteiger partial charge in [-0.25, -0.2) is 4.79 Å². The Bertz CT molecular complexity index is 1280. The zero-order chi connectivity index (χ0) is 34.2. The van der Waals surface area contributed by atoms with Crippen molar-refractivity contribution in [2.24, 2.45) is 0 Å². The summed E-state index contributed by atoms with van der Waals surface area (Å²) in [4.78, 5) is 59.3. The van der Waals surface area contributed by atoms with Crippen molar-refractivity contribution in [1.82, 2.24) is 0 Å². The van der Waals surface area contributed by atoms with E-state index in [-0.39, 0.29) is 5.75 Å². The van der Waals surface area contributed by atoms with Crippen LogP contribution in [0, 0.1) is 0 Å². The summed E-state index contributed by atoms with van der Waals surface area (Å²) >= 11 is 0. The van der Waals surface area contributed by atoms with Gasteiger partial charge < -0.3 is 58.3 Å². The van der Waals surface area contributed by atoms with Crippen LogP contribution in [0.2, 0.25) is 0 Å². The van der Waals surface area contributed by atoms with Crippen LogP contribution in [-0.2, 0) is 61.9 Å². The predicted molar refractivity (Wildman–Crippen MR) is 148 cm³/mol. The van der Waals surface area contributed by atoms with Crippen LogP contribution in [0.15, 0.2) is 30.3 Å². The number of phenolic OH excluding ortho intramolecular Hbond substituents is 1. The number of hydrogen-bond acceptors (Lipinski definition) is 17. The molecule has 0 aliphatic carbocycles. The molecule has 0 saturated carbocycles. The van der Waals surface area contributed by atoms with Crippen molar-refractivity contribution in [2.75, 3.05) is 19.8 Å². The van der Waals surface area contributed by atoms with E-state index >= 15 is 0 Å². The largest absolute Gasteiger partial charge is 0.508 e. The lowest BCUT2D eigenvalue weighted by atomic mass is 9.98. The number of hydrogen-bond donors (Lipinski definition) is 4. The van der Waals surface area contributed by atoms with Crippen molar-refractivity contribution < 1.29 is 82.3 Å². The molecule has 0 bridgehead atoms. The molecule has 2 aliphatic rings. The highest BCUT2D eigenvalue weighted by molar-refractivity contribution is 5.87. The summed E-state index contributed by atoms with van der Waals surface area (Å²) in [5, 5.41) is 42.4. The van der Waals surface area contributed by atoms with Gasteiger partial charge in [0.15, 0.2) is 18.5 Å². The zero-order valence-electron chi connectivity index (χ0n) is 25.3. The molecule has 4 N–H and O–H groups in total. The molecule has 2 heterocycles. The Morgan fingerprint density at radius 1 is 0.783 bits per heavy atom. The van der Waals surface area contributed by atoms with Crippen molar-refractivity contribution in [3.05, 3.63) is 35.9 Å². The van der Waals surface area contributed by atoms with Gasteiger partial charge in [-0.15, -0.1) is 0 Å². The Labute approximate surface area is 262 Å². The standard InChI is InChI=1S/C29H36O17/c1-14(30)39-12-21-25(42-16(3)32)26(43-17(4)33)24(37)28(44-21)46-29(13-41-15(2)31)27(38)23(36)20(45-29)11-40-22(35)10-7-18-5-8-19(34)9-6-18/h5-10,20-21,23-28,34,36-38H,11-13H2,1-4H3/b10-7+/t20-,21-,23+,24-,25-,26-,27-,28-,29+/m1/s1. The van der Waals surface area contributed by atoms with Crippen molar-refractivity contribution in [1.29, 1.82) is 0 Å². The first-order valence-corrected chi connectivity index (χ1v) is 13.9. The maximum Gasteiger partial charge on any atom is 0.330 e. The molecular formula is C29H36O17. The van der Waals surface area contributed by atoms with Gasteiger partial charge in [-0.1, -0.05) is 12.1 Å². The summed E-state index contributed by atoms with van der Waals surface area (Å²) in [6.45, 7) is 2.09. The van der Waals surface area contributed by atoms with Crippen molar-refractivity contribution in [3.63, 3.8) is 0 Å². The number of carbonyl (C=O) groups excluding carboxylic acids is 5. The van der Waals surface area contributed by atoms with Gasteiger partial charge in [0.2, 0.25) is 5.79 Å². The number of esters is 5. The maximum absolute atomic E-state index is 12.3. The van der Waals surface area contributed by atoms with E-state index in [1.54, 1.807) is 12.1 Å². The monoisotopic (exact) mass is 656 g/mol. The average molecular weight is 657 g/mol. The van der Waals surface area contributed by atoms with Crippen LogP contribution in [-0.4, -0.2) is 125 Å². The second-order valence-corrected chi connectivity index (χ2v) is 10.3. The minimum Gasteiger partial charge on any atom is -0.508 e. The second-order valence-electron chi connectivity index (χ2n) is 10.3. The molecular weight excluding hydrogens is 620 g/mol. The van der Waals surface area contributed by atoms with E-state index in [1.165, 1.54) is 18.2 Å². The molecule has 0 unspecified atom stereocenters. The van der Waals surface area contributed by atoms with Gasteiger partial charge in [-0.05, 0) is 23.8 Å². The lowest BCUT2D eigenvalue weighted by molar-refractivity contribution is -0.384. The van der Waals surface area contributed by atoms with E-state index in [4.69, 9.17) is 37.9 Å². The summed E-state index contributed by atoms with van der Waals surface area (Å²) < 4.78 is 42.8. The van der Waals surface area contributed by atoms with Gasteiger partial charge in [0.1, 0.15) is 56.1 Å². The van der Waals surface area contributed by atoms with Crippen LogP contribution in [0.5, 0.6) is 5.75 Å². The highest BCUT2D eigenvalue weighted by Gasteiger charge is 2.60. The highest BCUT2D eigenvalue weighted by Crippen LogP contribution is 2.38. The molecule has 2 fully saturated rings. The molecule has 46 heavy (non-hydrogen) atoms. The van der Waals surface area contributed by atoms with Gasteiger partial charge in [-0.2, -0.15) is 0 Å². The SMILES string of the molecule is CC(=O)OC[C@H]1O[C@H](O[C@]2(COC(C)=O)O[C@H](COC(=O)/C=C/c3ccc(O)cc3)[C@H](O)[C@H]2O)[C@H](O)[C@@H](OC(C)=O)[C@@H]1OC(C)=O. The highest BCUT2D eigenvalue weighted by atomic mass is 16.8. The van der Waals surface area contributed by atoms with Crippen LogP contribution < -0.4 is 0 Å². The molecule has 2 saturated heterocycles.